The van der Waals surface area contributed by atoms with E-state index in [2.05, 4.69) is 18.0 Å². The minimum atomic E-state index is -1.54. The van der Waals surface area contributed by atoms with Gasteiger partial charge in [-0.1, -0.05) is 30.1 Å². The number of hydrogen-bond donors (Lipinski definition) is 4. The number of rotatable bonds is 26. The van der Waals surface area contributed by atoms with E-state index in [9.17, 15) is 35.0 Å². The number of unbranched alkanes of at least 4 members (excludes halogenated alkanes) is 2. The van der Waals surface area contributed by atoms with Gasteiger partial charge >= 0.3 is 6.09 Å². The molecule has 6 atom stereocenters. The van der Waals surface area contributed by atoms with Gasteiger partial charge in [0.1, 0.15) is 35.6 Å². The van der Waals surface area contributed by atoms with Crippen molar-refractivity contribution in [3.63, 3.8) is 0 Å². The average molecular weight is 957 g/mol. The highest BCUT2D eigenvalue weighted by Gasteiger charge is 2.66. The van der Waals surface area contributed by atoms with Crippen LogP contribution in [0.15, 0.2) is 90.1 Å². The molecule has 2 fully saturated rings. The van der Waals surface area contributed by atoms with E-state index in [0.717, 1.165) is 30.4 Å². The topological polar surface area (TPSA) is 230 Å². The summed E-state index contributed by atoms with van der Waals surface area (Å²) in [5.74, 6) is -1.42. The first-order valence-electron chi connectivity index (χ1n) is 23.7. The summed E-state index contributed by atoms with van der Waals surface area (Å²) < 4.78 is 37.0. The van der Waals surface area contributed by atoms with Crippen LogP contribution in [-0.2, 0) is 25.7 Å². The van der Waals surface area contributed by atoms with Crippen LogP contribution in [0.5, 0.6) is 23.0 Å². The van der Waals surface area contributed by atoms with Gasteiger partial charge in [0, 0.05) is 61.8 Å². The smallest absolute Gasteiger partial charge is 0.417 e. The SMILES string of the molecule is C=CCOC12Oc3ccc(OC(=O)Nc4ccc(OC)cc4OC)cc3C3C(CCCCO)C(CCCCO)C=C(C(=NOCc4ccc([N+](=O)[O-])cc4)CC1N(CCOCCO)C(=O)C1CC1)C32. The second-order valence-electron chi connectivity index (χ2n) is 17.7. The maximum absolute atomic E-state index is 14.7. The van der Waals surface area contributed by atoms with Crippen LogP contribution < -0.4 is 24.3 Å². The molecular formula is C51H64N4O14. The third-order valence-electron chi connectivity index (χ3n) is 13.4. The highest BCUT2D eigenvalue weighted by atomic mass is 16.7. The summed E-state index contributed by atoms with van der Waals surface area (Å²) >= 11 is 0. The lowest BCUT2D eigenvalue weighted by atomic mass is 9.55. The highest BCUT2D eigenvalue weighted by Crippen LogP contribution is 2.62. The van der Waals surface area contributed by atoms with Gasteiger partial charge < -0.3 is 53.5 Å². The van der Waals surface area contributed by atoms with Gasteiger partial charge in [-0.15, -0.1) is 6.58 Å². The fraction of sp³-hybridized carbons (Fsp3) is 0.510. The molecule has 1 aliphatic heterocycles. The monoisotopic (exact) mass is 956 g/mol. The molecule has 0 aromatic heterocycles. The van der Waals surface area contributed by atoms with Crippen molar-refractivity contribution in [1.82, 2.24) is 4.90 Å². The van der Waals surface area contributed by atoms with Crippen molar-refractivity contribution in [2.45, 2.75) is 82.1 Å². The van der Waals surface area contributed by atoms with E-state index in [0.29, 0.717) is 66.3 Å². The largest absolute Gasteiger partial charge is 0.497 e. The quantitative estimate of drug-likeness (QED) is 0.0268. The number of non-ortho nitro benzene ring substituents is 1. The molecule has 0 spiro atoms. The van der Waals surface area contributed by atoms with E-state index in [4.69, 9.17) is 38.4 Å². The molecule has 18 heteroatoms. The number of allylic oxidation sites excluding steroid dienone is 1. The standard InChI is InChI=1S/C51H64N4O14/c1-4-25-66-51-46(54(21-26-65-27-24-58)49(59)34-13-14-34)31-43(53-67-32-33-11-15-36(16-12-33)55(61)62)40-28-35(9-5-7-22-56)39(10-6-8-23-57)47(48(40)51)41-29-38(18-20-44(41)69-51)68-50(60)52-42-19-17-37(63-2)30-45(42)64-3/h4,11-12,15-20,28-30,34-35,39,46-48,56-58H,1,5-10,13-14,21-27,31-32H2,2-3H3,(H,52,60). The molecule has 4 aliphatic rings. The van der Waals surface area contributed by atoms with Crippen molar-refractivity contribution in [1.29, 1.82) is 0 Å². The Kier molecular flexibility index (Phi) is 17.7. The Hall–Kier alpha value is -6.05. The zero-order valence-corrected chi connectivity index (χ0v) is 39.3. The summed E-state index contributed by atoms with van der Waals surface area (Å²) in [5.41, 5.74) is 3.08. The maximum atomic E-state index is 14.7. The second-order valence-corrected chi connectivity index (χ2v) is 17.7. The summed E-state index contributed by atoms with van der Waals surface area (Å²) in [6.45, 7) is 4.29. The van der Waals surface area contributed by atoms with E-state index in [1.165, 1.54) is 26.4 Å². The molecule has 3 aromatic carbocycles. The number of hydrogen-bond acceptors (Lipinski definition) is 15. The molecule has 3 aromatic rings. The van der Waals surface area contributed by atoms with E-state index < -0.39 is 34.7 Å². The van der Waals surface area contributed by atoms with Crippen molar-refractivity contribution in [3.8, 4) is 23.0 Å². The number of aliphatic hydroxyl groups is 3. The Balaban J connectivity index is 1.38. The fourth-order valence-corrected chi connectivity index (χ4v) is 10.1. The first-order valence-corrected chi connectivity index (χ1v) is 23.7. The summed E-state index contributed by atoms with van der Waals surface area (Å²) in [6, 6.07) is 15.5. The Morgan fingerprint density at radius 1 is 0.957 bits per heavy atom. The Morgan fingerprint density at radius 2 is 1.71 bits per heavy atom. The summed E-state index contributed by atoms with van der Waals surface area (Å²) in [4.78, 5) is 47.1. The van der Waals surface area contributed by atoms with E-state index in [1.54, 1.807) is 53.4 Å². The number of oxime groups is 1. The molecular weight excluding hydrogens is 893 g/mol. The number of carbonyl (C=O) groups excluding carboxylic acids is 2. The second kappa shape index (κ2) is 24.0. The number of nitrogens with one attached hydrogen (secondary N) is 1. The van der Waals surface area contributed by atoms with Gasteiger partial charge in [-0.05, 0) is 104 Å². The summed E-state index contributed by atoms with van der Waals surface area (Å²) in [5, 5.41) is 48.6. The van der Waals surface area contributed by atoms with Crippen LogP contribution in [0.2, 0.25) is 0 Å². The Bertz CT molecular complexity index is 2320. The summed E-state index contributed by atoms with van der Waals surface area (Å²) in [7, 11) is 3.02. The van der Waals surface area contributed by atoms with Crippen molar-refractivity contribution in [2.24, 2.45) is 28.8 Å². The third-order valence-corrected chi connectivity index (χ3v) is 13.4. The Morgan fingerprint density at radius 3 is 2.39 bits per heavy atom. The van der Waals surface area contributed by atoms with Gasteiger partial charge in [-0.2, -0.15) is 0 Å². The number of fused-ring (bicyclic) bond motifs is 2. The van der Waals surface area contributed by atoms with Crippen molar-refractivity contribution < 1.29 is 63.1 Å². The lowest BCUT2D eigenvalue weighted by molar-refractivity contribution is -0.384. The third kappa shape index (κ3) is 11.9. The van der Waals surface area contributed by atoms with E-state index in [1.807, 2.05) is 6.07 Å². The predicted octanol–water partition coefficient (Wildman–Crippen LogP) is 7.30. The van der Waals surface area contributed by atoms with Crippen molar-refractivity contribution in [2.75, 3.05) is 65.7 Å². The van der Waals surface area contributed by atoms with Crippen LogP contribution in [0, 0.1) is 33.8 Å². The number of aliphatic hydroxyl groups excluding tert-OH is 3. The number of amides is 2. The zero-order chi connectivity index (χ0) is 48.9. The molecule has 18 nitrogen and oxygen atoms in total. The molecule has 0 bridgehead atoms. The first-order chi connectivity index (χ1) is 33.6. The van der Waals surface area contributed by atoms with Gasteiger partial charge in [-0.25, -0.2) is 4.79 Å². The lowest BCUT2D eigenvalue weighted by Gasteiger charge is -2.60. The van der Waals surface area contributed by atoms with Crippen molar-refractivity contribution in [3.05, 3.63) is 106 Å². The molecule has 1 heterocycles. The maximum Gasteiger partial charge on any atom is 0.417 e. The molecule has 7 rings (SSSR count). The van der Waals surface area contributed by atoms with E-state index >= 15 is 0 Å². The average Bonchev–Trinajstić information content (AvgIpc) is 4.21. The number of nitrogens with zero attached hydrogens (tertiary/aromatic N) is 3. The first kappa shape index (κ1) is 50.8. The number of anilines is 1. The van der Waals surface area contributed by atoms with Gasteiger partial charge in [-0.3, -0.25) is 20.2 Å². The van der Waals surface area contributed by atoms with Crippen LogP contribution in [-0.4, -0.2) is 115 Å². The number of nitro groups is 1. The van der Waals surface area contributed by atoms with Gasteiger partial charge in [0.15, 0.2) is 0 Å². The predicted molar refractivity (Wildman–Crippen MR) is 254 cm³/mol. The molecule has 372 valence electrons. The summed E-state index contributed by atoms with van der Waals surface area (Å²) in [6.07, 6.45) is 8.67. The van der Waals surface area contributed by atoms with Crippen LogP contribution in [0.4, 0.5) is 16.2 Å². The zero-order valence-electron chi connectivity index (χ0n) is 39.3. The van der Waals surface area contributed by atoms with Gasteiger partial charge in [0.2, 0.25) is 11.7 Å². The highest BCUT2D eigenvalue weighted by molar-refractivity contribution is 6.03. The molecule has 3 aliphatic carbocycles. The Labute approximate surface area is 401 Å². The number of nitro benzene ring substituents is 1. The van der Waals surface area contributed by atoms with Crippen LogP contribution in [0.1, 0.15) is 74.8 Å². The number of ether oxygens (including phenoxy) is 6. The van der Waals surface area contributed by atoms with Crippen LogP contribution in [0.3, 0.4) is 0 Å². The number of methoxy groups -OCH3 is 2. The number of carbonyl (C=O) groups is 2. The van der Waals surface area contributed by atoms with E-state index in [-0.39, 0.29) is 94.3 Å². The molecule has 2 saturated carbocycles. The lowest BCUT2D eigenvalue weighted by Crippen LogP contribution is -2.70. The van der Waals surface area contributed by atoms with Gasteiger partial charge in [0.25, 0.3) is 5.69 Å². The van der Waals surface area contributed by atoms with Crippen molar-refractivity contribution >= 4 is 29.1 Å². The molecule has 0 radical (unpaired) electrons. The van der Waals surface area contributed by atoms with Crippen LogP contribution >= 0.6 is 0 Å². The molecule has 69 heavy (non-hydrogen) atoms. The van der Waals surface area contributed by atoms with Crippen LogP contribution in [0.25, 0.3) is 0 Å². The molecule has 6 unspecified atom stereocenters. The number of benzene rings is 3. The minimum absolute atomic E-state index is 0.000425. The minimum Gasteiger partial charge on any atom is -0.497 e. The molecule has 4 N–H and O–H groups in total. The van der Waals surface area contributed by atoms with Gasteiger partial charge in [0.05, 0.1) is 62.9 Å². The normalized spacial score (nSPS) is 22.8. The molecule has 2 amide bonds. The fourth-order valence-electron chi connectivity index (χ4n) is 10.1. The molecule has 0 saturated heterocycles.